The van der Waals surface area contributed by atoms with Crippen LogP contribution in [0.5, 0.6) is 0 Å². The first-order valence-electron chi connectivity index (χ1n) is 1.27. The third kappa shape index (κ3) is 4.85. The summed E-state index contributed by atoms with van der Waals surface area (Å²) in [5.41, 5.74) is 0. The zero-order chi connectivity index (χ0) is 7.00. The monoisotopic (exact) mass is 236 g/mol. The molecule has 0 rings (SSSR count). The maximum atomic E-state index is 10.7. The standard InChI is InChI=1S/CHF3O3Se.K/c2-1(3,4)8(5,6)7;/h(H,5,6,7);/q;+1/p-1. The molecule has 8 heteroatoms. The second-order valence-corrected chi connectivity index (χ2v) is 3.78. The van der Waals surface area contributed by atoms with Crippen LogP contribution in [-0.4, -0.2) is 18.1 Å². The molecule has 0 aliphatic heterocycles. The summed E-state index contributed by atoms with van der Waals surface area (Å²) < 4.78 is 59.2. The Hall–Kier alpha value is 1.51. The van der Waals surface area contributed by atoms with Crippen molar-refractivity contribution in [1.29, 1.82) is 0 Å². The van der Waals surface area contributed by atoms with E-state index in [2.05, 4.69) is 0 Å². The Morgan fingerprint density at radius 2 is 1.33 bits per heavy atom. The summed E-state index contributed by atoms with van der Waals surface area (Å²) in [5, 5.41) is -5.57. The summed E-state index contributed by atoms with van der Waals surface area (Å²) in [4.78, 5) is 0. The van der Waals surface area contributed by atoms with Crippen LogP contribution in [0.25, 0.3) is 0 Å². The van der Waals surface area contributed by atoms with Gasteiger partial charge in [0.25, 0.3) is 0 Å². The number of hydrogen-bond donors (Lipinski definition) is 0. The van der Waals surface area contributed by atoms with E-state index in [-0.39, 0.29) is 51.4 Å². The van der Waals surface area contributed by atoms with E-state index in [0.29, 0.717) is 0 Å². The summed E-state index contributed by atoms with van der Waals surface area (Å²) in [6.07, 6.45) is 0. The Morgan fingerprint density at radius 3 is 1.33 bits per heavy atom. The normalized spacial score (nSPS) is 12.4. The Kier molecular flexibility index (Phi) is 5.50. The molecule has 0 N–H and O–H groups in total. The fourth-order valence-electron chi connectivity index (χ4n) is 0. The molecule has 0 amide bonds. The van der Waals surface area contributed by atoms with E-state index >= 15 is 0 Å². The van der Waals surface area contributed by atoms with Crippen LogP contribution in [0.4, 0.5) is 13.2 Å². The van der Waals surface area contributed by atoms with Crippen LogP contribution >= 0.6 is 0 Å². The van der Waals surface area contributed by atoms with Crippen molar-refractivity contribution in [1.82, 2.24) is 0 Å². The predicted molar refractivity (Wildman–Crippen MR) is 13.2 cm³/mol. The molecule has 9 heavy (non-hydrogen) atoms. The van der Waals surface area contributed by atoms with Crippen LogP contribution in [0.2, 0.25) is 0 Å². The first-order chi connectivity index (χ1) is 3.25. The van der Waals surface area contributed by atoms with E-state index < -0.39 is 18.1 Å². The largest absolute Gasteiger partial charge is 1.00 e. The molecule has 0 radical (unpaired) electrons. The number of halogens is 3. The molecule has 0 saturated heterocycles. The van der Waals surface area contributed by atoms with Crippen molar-refractivity contribution < 1.29 is 76.4 Å². The van der Waals surface area contributed by atoms with Crippen LogP contribution in [0.1, 0.15) is 0 Å². The van der Waals surface area contributed by atoms with Gasteiger partial charge in [0, 0.05) is 0 Å². The van der Waals surface area contributed by atoms with Gasteiger partial charge in [0.05, 0.1) is 0 Å². The van der Waals surface area contributed by atoms with E-state index in [1.54, 1.807) is 0 Å². The minimum absolute atomic E-state index is 0. The molecule has 0 aromatic carbocycles. The van der Waals surface area contributed by atoms with E-state index in [9.17, 15) is 13.2 Å². The fraction of sp³-hybridized carbons (Fsp3) is 1.00. The molecule has 3 nitrogen and oxygen atoms in total. The molecule has 0 heterocycles. The minimum Gasteiger partial charge on any atom is 1.00 e. The quantitative estimate of drug-likeness (QED) is 0.405. The average molecular weight is 235 g/mol. The molecule has 0 aliphatic carbocycles. The van der Waals surface area contributed by atoms with Crippen LogP contribution in [-0.2, 0) is 7.67 Å². The average Bonchev–Trinajstić information content (AvgIpc) is 1.25. The zero-order valence-electron chi connectivity index (χ0n) is 4.27. The Labute approximate surface area is 93.0 Å². The molecule has 0 bridgehead atoms. The molecule has 0 aliphatic rings. The molecule has 0 unspecified atom stereocenters. The fourth-order valence-corrected chi connectivity index (χ4v) is 0. The summed E-state index contributed by atoms with van der Waals surface area (Å²) in [5.74, 6) is 0. The van der Waals surface area contributed by atoms with Crippen molar-refractivity contribution in [3.63, 3.8) is 0 Å². The number of alkyl halides is 3. The summed E-state index contributed by atoms with van der Waals surface area (Å²) in [6.45, 7) is 0. The van der Waals surface area contributed by atoms with Crippen LogP contribution in [0.15, 0.2) is 0 Å². The molecule has 0 spiro atoms. The first kappa shape index (κ1) is 13.1. The van der Waals surface area contributed by atoms with Crippen LogP contribution in [0, 0.1) is 0 Å². The summed E-state index contributed by atoms with van der Waals surface area (Å²) >= 11 is -6.77. The van der Waals surface area contributed by atoms with Crippen molar-refractivity contribution >= 4 is 13.0 Å². The second-order valence-electron chi connectivity index (χ2n) is 0.900. The Morgan fingerprint density at radius 1 is 1.22 bits per heavy atom. The maximum Gasteiger partial charge on any atom is 1.00 e. The minimum atomic E-state index is -6.77. The summed E-state index contributed by atoms with van der Waals surface area (Å²) in [6, 6.07) is 0. The van der Waals surface area contributed by atoms with Gasteiger partial charge in [-0.3, -0.25) is 0 Å². The van der Waals surface area contributed by atoms with Gasteiger partial charge in [0.2, 0.25) is 0 Å². The Balaban J connectivity index is 0. The molecule has 0 aromatic heterocycles. The summed E-state index contributed by atoms with van der Waals surface area (Å²) in [7, 11) is 0. The van der Waals surface area contributed by atoms with Gasteiger partial charge in [-0.25, -0.2) is 0 Å². The molecule has 0 fully saturated rings. The van der Waals surface area contributed by atoms with Crippen molar-refractivity contribution in [2.75, 3.05) is 0 Å². The number of rotatable bonds is 0. The third-order valence-corrected chi connectivity index (χ3v) is 1.47. The van der Waals surface area contributed by atoms with Gasteiger partial charge >= 0.3 is 94.5 Å². The molecular formula is CF3KO3Se. The van der Waals surface area contributed by atoms with Crippen molar-refractivity contribution in [2.24, 2.45) is 0 Å². The van der Waals surface area contributed by atoms with E-state index in [0.717, 1.165) is 0 Å². The molecular weight excluding hydrogens is 235 g/mol. The van der Waals surface area contributed by atoms with Gasteiger partial charge < -0.3 is 0 Å². The molecule has 0 aromatic rings. The first-order valence-corrected chi connectivity index (χ1v) is 4.23. The van der Waals surface area contributed by atoms with Crippen LogP contribution in [0.3, 0.4) is 0 Å². The van der Waals surface area contributed by atoms with Gasteiger partial charge in [-0.2, -0.15) is 0 Å². The maximum absolute atomic E-state index is 10.7. The number of hydrogen-bond acceptors (Lipinski definition) is 3. The van der Waals surface area contributed by atoms with E-state index in [4.69, 9.17) is 11.9 Å². The third-order valence-electron chi connectivity index (χ3n) is 0.283. The van der Waals surface area contributed by atoms with Gasteiger partial charge in [-0.05, 0) is 0 Å². The molecule has 0 saturated carbocycles. The van der Waals surface area contributed by atoms with E-state index in [1.807, 2.05) is 0 Å². The smallest absolute Gasteiger partial charge is 1.00 e. The SMILES string of the molecule is O=[Se](=O)([O-])C(F)(F)F.[K+]. The van der Waals surface area contributed by atoms with E-state index in [1.165, 1.54) is 0 Å². The van der Waals surface area contributed by atoms with Gasteiger partial charge in [-0.1, -0.05) is 0 Å². The molecule has 50 valence electrons. The van der Waals surface area contributed by atoms with Gasteiger partial charge in [0.1, 0.15) is 0 Å². The van der Waals surface area contributed by atoms with Gasteiger partial charge in [-0.15, -0.1) is 0 Å². The molecule has 0 atom stereocenters. The van der Waals surface area contributed by atoms with Crippen LogP contribution < -0.4 is 55.6 Å². The predicted octanol–water partition coefficient (Wildman–Crippen LogP) is -3.75. The second kappa shape index (κ2) is 3.77. The Bertz CT molecular complexity index is 168. The van der Waals surface area contributed by atoms with Crippen molar-refractivity contribution in [3.05, 3.63) is 0 Å². The van der Waals surface area contributed by atoms with Gasteiger partial charge in [0.15, 0.2) is 0 Å². The topological polar surface area (TPSA) is 57.2 Å². The zero-order valence-corrected chi connectivity index (χ0v) is 9.10. The van der Waals surface area contributed by atoms with Crippen molar-refractivity contribution in [2.45, 2.75) is 5.07 Å². The van der Waals surface area contributed by atoms with Crippen molar-refractivity contribution in [3.8, 4) is 0 Å².